The van der Waals surface area contributed by atoms with E-state index in [0.29, 0.717) is 24.3 Å². The number of rotatable bonds is 3. The first-order valence-corrected chi connectivity index (χ1v) is 8.90. The number of carbonyl (C=O) groups excluding carboxylic acids is 2. The lowest BCUT2D eigenvalue weighted by atomic mass is 10.0. The van der Waals surface area contributed by atoms with E-state index in [2.05, 4.69) is 5.10 Å². The molecule has 1 aromatic heterocycles. The number of likely N-dealkylation sites (tertiary alicyclic amines) is 1. The molecule has 0 unspecified atom stereocenters. The molecule has 0 atom stereocenters. The average Bonchev–Trinajstić information content (AvgIpc) is 2.96. The lowest BCUT2D eigenvalue weighted by molar-refractivity contribution is -0.000222. The maximum Gasteiger partial charge on any atom is 0.410 e. The molecule has 1 amide bonds. The van der Waals surface area contributed by atoms with Gasteiger partial charge in [0, 0.05) is 18.7 Å². The van der Waals surface area contributed by atoms with Crippen LogP contribution in [0.25, 0.3) is 11.3 Å². The topological polar surface area (TPSA) is 73.7 Å². The minimum Gasteiger partial charge on any atom is -0.465 e. The van der Waals surface area contributed by atoms with Crippen molar-refractivity contribution in [1.82, 2.24) is 14.7 Å². The Labute approximate surface area is 158 Å². The van der Waals surface area contributed by atoms with Crippen molar-refractivity contribution in [2.24, 2.45) is 0 Å². The van der Waals surface area contributed by atoms with Crippen LogP contribution in [0.2, 0.25) is 0 Å². The van der Waals surface area contributed by atoms with Crippen LogP contribution in [0.1, 0.15) is 42.7 Å². The van der Waals surface area contributed by atoms with E-state index in [1.165, 1.54) is 13.3 Å². The van der Waals surface area contributed by atoms with E-state index in [0.717, 1.165) is 11.1 Å². The summed E-state index contributed by atoms with van der Waals surface area (Å²) in [5.41, 5.74) is 2.60. The molecule has 144 valence electrons. The van der Waals surface area contributed by atoms with Gasteiger partial charge in [0.2, 0.25) is 0 Å². The third kappa shape index (κ3) is 3.97. The smallest absolute Gasteiger partial charge is 0.410 e. The quantitative estimate of drug-likeness (QED) is 0.773. The van der Waals surface area contributed by atoms with Gasteiger partial charge in [0.05, 0.1) is 25.0 Å². The van der Waals surface area contributed by atoms with Crippen LogP contribution in [0.4, 0.5) is 4.79 Å². The van der Waals surface area contributed by atoms with Crippen LogP contribution < -0.4 is 0 Å². The molecule has 0 saturated carbocycles. The Morgan fingerprint density at radius 3 is 2.33 bits per heavy atom. The van der Waals surface area contributed by atoms with E-state index in [1.54, 1.807) is 9.58 Å². The van der Waals surface area contributed by atoms with E-state index in [1.807, 2.05) is 52.0 Å². The third-order valence-electron chi connectivity index (χ3n) is 4.39. The van der Waals surface area contributed by atoms with E-state index in [9.17, 15) is 9.59 Å². The van der Waals surface area contributed by atoms with Crippen LogP contribution in [0.3, 0.4) is 0 Å². The zero-order chi connectivity index (χ0) is 19.8. The van der Waals surface area contributed by atoms with Gasteiger partial charge in [-0.05, 0) is 27.7 Å². The average molecular weight is 371 g/mol. The summed E-state index contributed by atoms with van der Waals surface area (Å²) in [6.45, 7) is 8.49. The van der Waals surface area contributed by atoms with Crippen molar-refractivity contribution in [3.8, 4) is 11.3 Å². The number of methoxy groups -OCH3 is 1. The van der Waals surface area contributed by atoms with E-state index in [-0.39, 0.29) is 12.1 Å². The summed E-state index contributed by atoms with van der Waals surface area (Å²) in [5, 5.41) is 4.41. The molecule has 1 fully saturated rings. The van der Waals surface area contributed by atoms with Gasteiger partial charge in [0.15, 0.2) is 0 Å². The van der Waals surface area contributed by atoms with Crippen LogP contribution in [-0.4, -0.2) is 52.5 Å². The Morgan fingerprint density at radius 1 is 1.15 bits per heavy atom. The highest BCUT2D eigenvalue weighted by Gasteiger charge is 2.37. The summed E-state index contributed by atoms with van der Waals surface area (Å²) in [4.78, 5) is 26.0. The monoisotopic (exact) mass is 371 g/mol. The van der Waals surface area contributed by atoms with Crippen LogP contribution >= 0.6 is 0 Å². The molecule has 1 aliphatic heterocycles. The Kier molecular flexibility index (Phi) is 4.95. The number of hydrogen-bond donors (Lipinski definition) is 0. The summed E-state index contributed by atoms with van der Waals surface area (Å²) in [5.74, 6) is -0.430. The zero-order valence-corrected chi connectivity index (χ0v) is 16.4. The summed E-state index contributed by atoms with van der Waals surface area (Å²) in [6.07, 6.45) is 1.19. The summed E-state index contributed by atoms with van der Waals surface area (Å²) >= 11 is 0. The maximum atomic E-state index is 12.2. The van der Waals surface area contributed by atoms with Gasteiger partial charge in [-0.3, -0.25) is 4.68 Å². The second kappa shape index (κ2) is 7.06. The van der Waals surface area contributed by atoms with Gasteiger partial charge in [0.25, 0.3) is 0 Å². The summed E-state index contributed by atoms with van der Waals surface area (Å²) < 4.78 is 12.1. The van der Waals surface area contributed by atoms with Crippen molar-refractivity contribution < 1.29 is 19.1 Å². The molecule has 2 heterocycles. The van der Waals surface area contributed by atoms with Crippen molar-refractivity contribution in [1.29, 1.82) is 0 Å². The first-order chi connectivity index (χ1) is 12.7. The number of aromatic nitrogens is 2. The fraction of sp³-hybridized carbons (Fsp3) is 0.450. The molecule has 1 saturated heterocycles. The van der Waals surface area contributed by atoms with Gasteiger partial charge in [-0.1, -0.05) is 29.8 Å². The summed E-state index contributed by atoms with van der Waals surface area (Å²) in [6, 6.07) is 7.87. The molecular weight excluding hydrogens is 346 g/mol. The van der Waals surface area contributed by atoms with Gasteiger partial charge >= 0.3 is 12.1 Å². The minimum atomic E-state index is -0.529. The fourth-order valence-corrected chi connectivity index (χ4v) is 2.98. The second-order valence-electron chi connectivity index (χ2n) is 7.75. The number of amides is 1. The highest BCUT2D eigenvalue weighted by molar-refractivity contribution is 5.96. The molecule has 1 aromatic carbocycles. The molecule has 7 heteroatoms. The van der Waals surface area contributed by atoms with Gasteiger partial charge in [-0.15, -0.1) is 0 Å². The number of esters is 1. The van der Waals surface area contributed by atoms with Gasteiger partial charge in [0.1, 0.15) is 11.2 Å². The third-order valence-corrected chi connectivity index (χ3v) is 4.39. The van der Waals surface area contributed by atoms with Crippen LogP contribution in [0, 0.1) is 6.92 Å². The second-order valence-corrected chi connectivity index (χ2v) is 7.75. The molecule has 7 nitrogen and oxygen atoms in total. The van der Waals surface area contributed by atoms with Crippen LogP contribution in [0.15, 0.2) is 30.5 Å². The van der Waals surface area contributed by atoms with E-state index < -0.39 is 11.6 Å². The summed E-state index contributed by atoms with van der Waals surface area (Å²) in [7, 11) is 1.35. The Morgan fingerprint density at radius 2 is 1.78 bits per heavy atom. The fourth-order valence-electron chi connectivity index (χ4n) is 2.98. The normalized spacial score (nSPS) is 14.6. The number of hydrogen-bond acceptors (Lipinski definition) is 5. The van der Waals surface area contributed by atoms with Gasteiger partial charge in [-0.2, -0.15) is 5.10 Å². The minimum absolute atomic E-state index is 0.0211. The molecule has 1 aliphatic rings. The molecule has 0 N–H and O–H groups in total. The van der Waals surface area contributed by atoms with Crippen molar-refractivity contribution in [2.45, 2.75) is 39.3 Å². The highest BCUT2D eigenvalue weighted by atomic mass is 16.6. The van der Waals surface area contributed by atoms with E-state index >= 15 is 0 Å². The molecule has 2 aromatic rings. The molecular formula is C20H25N3O4. The predicted molar refractivity (Wildman–Crippen MR) is 101 cm³/mol. The number of ether oxygens (including phenoxy) is 2. The Bertz CT molecular complexity index is 843. The molecule has 0 spiro atoms. The lowest BCUT2D eigenvalue weighted by Crippen LogP contribution is -2.52. The first kappa shape index (κ1) is 18.9. The maximum absolute atomic E-state index is 12.2. The Balaban J connectivity index is 1.85. The molecule has 0 aliphatic carbocycles. The largest absolute Gasteiger partial charge is 0.465 e. The number of nitrogens with zero attached hydrogens (tertiary/aromatic N) is 3. The standard InChI is InChI=1S/C20H25N3O4/c1-13-6-8-14(9-7-13)17-16(18(24)26-5)10-21-23(17)15-11-22(12-15)19(25)27-20(2,3)4/h6-10,15H,11-12H2,1-5H3. The highest BCUT2D eigenvalue weighted by Crippen LogP contribution is 2.32. The molecule has 3 rings (SSSR count). The molecule has 27 heavy (non-hydrogen) atoms. The number of benzene rings is 1. The van der Waals surface area contributed by atoms with Crippen molar-refractivity contribution in [3.05, 3.63) is 41.6 Å². The number of carbonyl (C=O) groups is 2. The predicted octanol–water partition coefficient (Wildman–Crippen LogP) is 3.44. The first-order valence-electron chi connectivity index (χ1n) is 8.90. The van der Waals surface area contributed by atoms with Crippen molar-refractivity contribution in [3.63, 3.8) is 0 Å². The lowest BCUT2D eigenvalue weighted by Gasteiger charge is -2.40. The van der Waals surface area contributed by atoms with E-state index in [4.69, 9.17) is 9.47 Å². The number of aryl methyl sites for hydroxylation is 1. The SMILES string of the molecule is COC(=O)c1cnn(C2CN(C(=O)OC(C)(C)C)C2)c1-c1ccc(C)cc1. The van der Waals surface area contributed by atoms with Crippen LogP contribution in [-0.2, 0) is 9.47 Å². The Hall–Kier alpha value is -2.83. The van der Waals surface area contributed by atoms with Crippen LogP contribution in [0.5, 0.6) is 0 Å². The molecule has 0 radical (unpaired) electrons. The molecule has 0 bridgehead atoms. The van der Waals surface area contributed by atoms with Gasteiger partial charge in [-0.25, -0.2) is 9.59 Å². The van der Waals surface area contributed by atoms with Gasteiger partial charge < -0.3 is 14.4 Å². The van der Waals surface area contributed by atoms with Crippen molar-refractivity contribution >= 4 is 12.1 Å². The zero-order valence-electron chi connectivity index (χ0n) is 16.4. The van der Waals surface area contributed by atoms with Crippen molar-refractivity contribution in [2.75, 3.05) is 20.2 Å².